The van der Waals surface area contributed by atoms with Gasteiger partial charge in [-0.25, -0.2) is 4.98 Å². The van der Waals surface area contributed by atoms with Crippen molar-refractivity contribution in [1.82, 2.24) is 19.6 Å². The van der Waals surface area contributed by atoms with Gasteiger partial charge < -0.3 is 14.7 Å². The van der Waals surface area contributed by atoms with E-state index < -0.39 is 0 Å². The lowest BCUT2D eigenvalue weighted by molar-refractivity contribution is 0.00341. The van der Waals surface area contributed by atoms with E-state index in [0.717, 1.165) is 23.8 Å². The summed E-state index contributed by atoms with van der Waals surface area (Å²) in [4.78, 5) is 6.46. The summed E-state index contributed by atoms with van der Waals surface area (Å²) in [5.41, 5.74) is 0.744. The molecule has 18 heavy (non-hydrogen) atoms. The third kappa shape index (κ3) is 1.81. The van der Waals surface area contributed by atoms with Crippen molar-refractivity contribution in [3.8, 4) is 0 Å². The molecular formula is C11H15N5O2. The lowest BCUT2D eigenvalue weighted by Crippen LogP contribution is -2.44. The smallest absolute Gasteiger partial charge is 0.203 e. The fraction of sp³-hybridized carbons (Fsp3) is 0.545. The third-order valence-corrected chi connectivity index (χ3v) is 3.12. The maximum Gasteiger partial charge on any atom is 0.203 e. The number of aliphatic hydroxyl groups is 1. The minimum Gasteiger partial charge on any atom is -0.394 e. The van der Waals surface area contributed by atoms with Crippen molar-refractivity contribution in [1.29, 1.82) is 0 Å². The third-order valence-electron chi connectivity index (χ3n) is 3.12. The highest BCUT2D eigenvalue weighted by Gasteiger charge is 2.23. The quantitative estimate of drug-likeness (QED) is 0.782. The molecule has 96 valence electrons. The number of aliphatic hydroxyl groups excluding tert-OH is 1. The summed E-state index contributed by atoms with van der Waals surface area (Å²) in [5.74, 6) is 1.63. The van der Waals surface area contributed by atoms with Crippen LogP contribution in [0, 0.1) is 6.92 Å². The van der Waals surface area contributed by atoms with Crippen LogP contribution in [-0.2, 0) is 4.74 Å². The van der Waals surface area contributed by atoms with Crippen molar-refractivity contribution in [2.45, 2.75) is 13.0 Å². The molecule has 1 saturated heterocycles. The molecule has 1 N–H and O–H groups in total. The summed E-state index contributed by atoms with van der Waals surface area (Å²) in [6.07, 6.45) is 3.42. The zero-order valence-corrected chi connectivity index (χ0v) is 10.2. The van der Waals surface area contributed by atoms with Gasteiger partial charge in [0.05, 0.1) is 19.3 Å². The number of nitrogens with zero attached hydrogens (tertiary/aromatic N) is 5. The lowest BCUT2D eigenvalue weighted by Gasteiger charge is -2.32. The first-order chi connectivity index (χ1) is 8.79. The summed E-state index contributed by atoms with van der Waals surface area (Å²) in [7, 11) is 0. The number of rotatable bonds is 2. The molecule has 0 spiro atoms. The Labute approximate surface area is 104 Å². The average molecular weight is 249 g/mol. The Morgan fingerprint density at radius 3 is 3.22 bits per heavy atom. The van der Waals surface area contributed by atoms with Crippen molar-refractivity contribution in [3.63, 3.8) is 0 Å². The van der Waals surface area contributed by atoms with Gasteiger partial charge in [-0.15, -0.1) is 10.2 Å². The minimum atomic E-state index is -0.162. The van der Waals surface area contributed by atoms with Gasteiger partial charge in [0.15, 0.2) is 5.82 Å². The molecule has 7 nitrogen and oxygen atoms in total. The number of fused-ring (bicyclic) bond motifs is 1. The van der Waals surface area contributed by atoms with Gasteiger partial charge in [-0.2, -0.15) is 0 Å². The molecule has 2 aromatic heterocycles. The molecule has 1 aliphatic rings. The van der Waals surface area contributed by atoms with Gasteiger partial charge in [-0.05, 0) is 6.92 Å². The molecule has 7 heteroatoms. The highest BCUT2D eigenvalue weighted by molar-refractivity contribution is 5.63. The van der Waals surface area contributed by atoms with Crippen molar-refractivity contribution >= 4 is 11.5 Å². The van der Waals surface area contributed by atoms with Gasteiger partial charge in [0, 0.05) is 25.5 Å². The van der Waals surface area contributed by atoms with Crippen LogP contribution in [0.15, 0.2) is 12.4 Å². The summed E-state index contributed by atoms with van der Waals surface area (Å²) in [6, 6.07) is 0. The molecule has 0 bridgehead atoms. The molecule has 3 rings (SSSR count). The topological polar surface area (TPSA) is 75.8 Å². The number of ether oxygens (including phenoxy) is 1. The lowest BCUT2D eigenvalue weighted by atomic mass is 10.3. The maximum atomic E-state index is 9.17. The summed E-state index contributed by atoms with van der Waals surface area (Å²) in [5, 5.41) is 17.4. The van der Waals surface area contributed by atoms with Gasteiger partial charge in [0.2, 0.25) is 5.65 Å². The van der Waals surface area contributed by atoms with E-state index in [1.165, 1.54) is 0 Å². The van der Waals surface area contributed by atoms with Gasteiger partial charge in [-0.3, -0.25) is 4.40 Å². The monoisotopic (exact) mass is 249 g/mol. The highest BCUT2D eigenvalue weighted by atomic mass is 16.5. The van der Waals surface area contributed by atoms with Crippen LogP contribution in [0.1, 0.15) is 5.82 Å². The number of aryl methyl sites for hydroxylation is 1. The van der Waals surface area contributed by atoms with Crippen molar-refractivity contribution in [3.05, 3.63) is 18.2 Å². The molecule has 1 unspecified atom stereocenters. The first-order valence-electron chi connectivity index (χ1n) is 5.93. The molecule has 1 aliphatic heterocycles. The molecule has 1 fully saturated rings. The first kappa shape index (κ1) is 11.4. The van der Waals surface area contributed by atoms with Crippen molar-refractivity contribution in [2.75, 3.05) is 31.2 Å². The van der Waals surface area contributed by atoms with E-state index >= 15 is 0 Å². The minimum absolute atomic E-state index is 0.0192. The predicted molar refractivity (Wildman–Crippen MR) is 64.6 cm³/mol. The van der Waals surface area contributed by atoms with Crippen LogP contribution in [0.3, 0.4) is 0 Å². The van der Waals surface area contributed by atoms with Crippen LogP contribution in [0.25, 0.3) is 5.65 Å². The van der Waals surface area contributed by atoms with Gasteiger partial charge in [-0.1, -0.05) is 0 Å². The number of hydrogen-bond donors (Lipinski definition) is 1. The average Bonchev–Trinajstić information content (AvgIpc) is 2.81. The zero-order chi connectivity index (χ0) is 12.5. The molecule has 0 amide bonds. The molecule has 0 saturated carbocycles. The number of anilines is 1. The van der Waals surface area contributed by atoms with Crippen LogP contribution in [0.4, 0.5) is 5.82 Å². The molecule has 0 radical (unpaired) electrons. The van der Waals surface area contributed by atoms with E-state index in [1.807, 2.05) is 17.5 Å². The number of morpholine rings is 1. The fourth-order valence-electron chi connectivity index (χ4n) is 2.17. The van der Waals surface area contributed by atoms with Gasteiger partial charge in [0.25, 0.3) is 0 Å². The Morgan fingerprint density at radius 1 is 1.50 bits per heavy atom. The van der Waals surface area contributed by atoms with E-state index in [1.54, 1.807) is 6.20 Å². The normalized spacial score (nSPS) is 20.6. The first-order valence-corrected chi connectivity index (χ1v) is 5.93. The standard InChI is InChI=1S/C11H15N5O2/c1-8-13-14-11-10(12-2-3-16(8)11)15-4-5-18-9(6-15)7-17/h2-3,9,17H,4-7H2,1H3. The van der Waals surface area contributed by atoms with E-state index in [9.17, 15) is 0 Å². The van der Waals surface area contributed by atoms with Crippen LogP contribution in [-0.4, -0.2) is 57.1 Å². The predicted octanol–water partition coefficient (Wildman–Crippen LogP) is -0.370. The molecule has 1 atom stereocenters. The fourth-order valence-corrected chi connectivity index (χ4v) is 2.17. The number of aromatic nitrogens is 4. The summed E-state index contributed by atoms with van der Waals surface area (Å²) >= 11 is 0. The maximum absolute atomic E-state index is 9.17. The van der Waals surface area contributed by atoms with Gasteiger partial charge in [0.1, 0.15) is 5.82 Å². The Balaban J connectivity index is 1.98. The Morgan fingerprint density at radius 2 is 2.39 bits per heavy atom. The number of hydrogen-bond acceptors (Lipinski definition) is 6. The Kier molecular flexibility index (Phi) is 2.85. The van der Waals surface area contributed by atoms with E-state index in [-0.39, 0.29) is 12.7 Å². The molecule has 0 aromatic carbocycles. The Bertz CT molecular complexity index is 555. The summed E-state index contributed by atoms with van der Waals surface area (Å²) < 4.78 is 7.34. The van der Waals surface area contributed by atoms with Crippen LogP contribution >= 0.6 is 0 Å². The van der Waals surface area contributed by atoms with Gasteiger partial charge >= 0.3 is 0 Å². The summed E-state index contributed by atoms with van der Waals surface area (Å²) in [6.45, 7) is 3.87. The SMILES string of the molecule is Cc1nnc2c(N3CCOC(CO)C3)nccn12. The van der Waals surface area contributed by atoms with Crippen LogP contribution < -0.4 is 4.90 Å². The van der Waals surface area contributed by atoms with E-state index in [0.29, 0.717) is 13.2 Å². The molecular weight excluding hydrogens is 234 g/mol. The molecule has 3 heterocycles. The molecule has 0 aliphatic carbocycles. The molecule has 2 aromatic rings. The van der Waals surface area contributed by atoms with E-state index in [2.05, 4.69) is 20.1 Å². The van der Waals surface area contributed by atoms with Crippen molar-refractivity contribution in [2.24, 2.45) is 0 Å². The van der Waals surface area contributed by atoms with Crippen LogP contribution in [0.2, 0.25) is 0 Å². The van der Waals surface area contributed by atoms with E-state index in [4.69, 9.17) is 9.84 Å². The largest absolute Gasteiger partial charge is 0.394 e. The van der Waals surface area contributed by atoms with Crippen LogP contribution in [0.5, 0.6) is 0 Å². The zero-order valence-electron chi connectivity index (χ0n) is 10.2. The second-order valence-electron chi connectivity index (χ2n) is 4.31. The van der Waals surface area contributed by atoms with Crippen molar-refractivity contribution < 1.29 is 9.84 Å². The second kappa shape index (κ2) is 4.51. The Hall–Kier alpha value is -1.73. The second-order valence-corrected chi connectivity index (χ2v) is 4.31. The highest BCUT2D eigenvalue weighted by Crippen LogP contribution is 2.19.